The van der Waals surface area contributed by atoms with E-state index in [4.69, 9.17) is 9.88 Å². The first kappa shape index (κ1) is 16.6. The molecule has 1 heterocycles. The minimum atomic E-state index is -3.81. The molecule has 1 fully saturated rings. The van der Waals surface area contributed by atoms with Crippen LogP contribution in [0.15, 0.2) is 41.3 Å². The van der Waals surface area contributed by atoms with Crippen molar-refractivity contribution in [1.82, 2.24) is 10.2 Å². The van der Waals surface area contributed by atoms with Crippen LogP contribution in [0.1, 0.15) is 18.4 Å². The van der Waals surface area contributed by atoms with Gasteiger partial charge in [0, 0.05) is 10.9 Å². The molecule has 26 heavy (non-hydrogen) atoms. The molecule has 1 aromatic heterocycles. The van der Waals surface area contributed by atoms with Crippen LogP contribution < -0.4 is 9.88 Å². The van der Waals surface area contributed by atoms with E-state index in [0.29, 0.717) is 40.6 Å². The molecule has 4 rings (SSSR count). The van der Waals surface area contributed by atoms with E-state index in [0.717, 1.165) is 18.2 Å². The van der Waals surface area contributed by atoms with Gasteiger partial charge in [0.05, 0.1) is 22.6 Å². The molecule has 0 unspecified atom stereocenters. The molecule has 0 aliphatic heterocycles. The van der Waals surface area contributed by atoms with Crippen LogP contribution in [0, 0.1) is 17.2 Å². The van der Waals surface area contributed by atoms with Crippen LogP contribution >= 0.6 is 0 Å². The maximum Gasteiger partial charge on any atom is 0.238 e. The van der Waals surface area contributed by atoms with Crippen molar-refractivity contribution in [3.63, 3.8) is 0 Å². The molecule has 0 bridgehead atoms. The van der Waals surface area contributed by atoms with E-state index in [1.165, 1.54) is 12.1 Å². The highest BCUT2D eigenvalue weighted by Gasteiger charge is 2.23. The van der Waals surface area contributed by atoms with Crippen LogP contribution in [-0.4, -0.2) is 25.2 Å². The normalized spacial score (nSPS) is 14.3. The first-order valence-corrected chi connectivity index (χ1v) is 9.68. The Hall–Kier alpha value is -2.89. The number of sulfonamides is 1. The summed E-state index contributed by atoms with van der Waals surface area (Å²) in [6.07, 6.45) is 2.31. The predicted octanol–water partition coefficient (Wildman–Crippen LogP) is 2.54. The van der Waals surface area contributed by atoms with Gasteiger partial charge in [-0.05, 0) is 43.0 Å². The molecule has 0 atom stereocenters. The van der Waals surface area contributed by atoms with Crippen LogP contribution in [0.25, 0.3) is 22.2 Å². The topological polar surface area (TPSA) is 122 Å². The van der Waals surface area contributed by atoms with Crippen LogP contribution in [0.3, 0.4) is 0 Å². The predicted molar refractivity (Wildman–Crippen MR) is 95.8 cm³/mol. The maximum absolute atomic E-state index is 11.6. The second-order valence-corrected chi connectivity index (χ2v) is 7.97. The highest BCUT2D eigenvalue weighted by molar-refractivity contribution is 7.89. The molecule has 2 aromatic carbocycles. The van der Waals surface area contributed by atoms with E-state index >= 15 is 0 Å². The third-order valence-corrected chi connectivity index (χ3v) is 5.30. The van der Waals surface area contributed by atoms with Crippen molar-refractivity contribution in [2.75, 3.05) is 6.61 Å². The molecular formula is C18H16N4O3S. The average Bonchev–Trinajstić information content (AvgIpc) is 3.36. The summed E-state index contributed by atoms with van der Waals surface area (Å²) in [5.41, 5.74) is 2.30. The number of hydrogen-bond acceptors (Lipinski definition) is 5. The summed E-state index contributed by atoms with van der Waals surface area (Å²) in [6.45, 7) is 0.592. The quantitative estimate of drug-likeness (QED) is 0.716. The zero-order valence-corrected chi connectivity index (χ0v) is 14.6. The SMILES string of the molecule is N#Cc1cc2[nH]nc(-c3cccc(S(N)(=O)=O)c3)c2cc1OCC1CC1. The number of aromatic nitrogens is 2. The van der Waals surface area contributed by atoms with Gasteiger partial charge in [-0.1, -0.05) is 12.1 Å². The van der Waals surface area contributed by atoms with Gasteiger partial charge >= 0.3 is 0 Å². The van der Waals surface area contributed by atoms with Gasteiger partial charge in [0.15, 0.2) is 0 Å². The molecule has 1 aliphatic carbocycles. The number of fused-ring (bicyclic) bond motifs is 1. The molecule has 1 saturated carbocycles. The monoisotopic (exact) mass is 368 g/mol. The molecule has 132 valence electrons. The third kappa shape index (κ3) is 3.14. The molecule has 0 spiro atoms. The molecule has 8 heteroatoms. The number of nitriles is 1. The number of ether oxygens (including phenoxy) is 1. The Morgan fingerprint density at radius 2 is 2.12 bits per heavy atom. The zero-order chi connectivity index (χ0) is 18.3. The molecule has 3 aromatic rings. The summed E-state index contributed by atoms with van der Waals surface area (Å²) < 4.78 is 29.0. The summed E-state index contributed by atoms with van der Waals surface area (Å²) in [6, 6.07) is 11.9. The fraction of sp³-hybridized carbons (Fsp3) is 0.222. The molecule has 0 radical (unpaired) electrons. The number of nitrogens with two attached hydrogens (primary N) is 1. The van der Waals surface area contributed by atoms with Crippen LogP contribution in [0.2, 0.25) is 0 Å². The van der Waals surface area contributed by atoms with Gasteiger partial charge in [-0.3, -0.25) is 5.10 Å². The molecule has 1 aliphatic rings. The molecule has 7 nitrogen and oxygen atoms in total. The van der Waals surface area contributed by atoms with Gasteiger partial charge in [-0.2, -0.15) is 10.4 Å². The number of aromatic amines is 1. The summed E-state index contributed by atoms with van der Waals surface area (Å²) in [5.74, 6) is 1.07. The number of benzene rings is 2. The first-order chi connectivity index (χ1) is 12.5. The first-order valence-electron chi connectivity index (χ1n) is 8.14. The highest BCUT2D eigenvalue weighted by atomic mass is 32.2. The van der Waals surface area contributed by atoms with Gasteiger partial charge in [0.25, 0.3) is 0 Å². The lowest BCUT2D eigenvalue weighted by Gasteiger charge is -2.08. The van der Waals surface area contributed by atoms with E-state index < -0.39 is 10.0 Å². The Morgan fingerprint density at radius 3 is 2.81 bits per heavy atom. The number of rotatable bonds is 5. The van der Waals surface area contributed by atoms with Crippen molar-refractivity contribution < 1.29 is 13.2 Å². The Labute approximate surface area is 150 Å². The zero-order valence-electron chi connectivity index (χ0n) is 13.8. The van der Waals surface area contributed by atoms with Gasteiger partial charge in [0.2, 0.25) is 10.0 Å². The minimum absolute atomic E-state index is 0.0185. The maximum atomic E-state index is 11.6. The van der Waals surface area contributed by atoms with Crippen LogP contribution in [0.5, 0.6) is 5.75 Å². The Kier molecular flexibility index (Phi) is 3.90. The number of nitrogens with zero attached hydrogens (tertiary/aromatic N) is 2. The van der Waals surface area contributed by atoms with Crippen molar-refractivity contribution in [3.8, 4) is 23.1 Å². The molecular weight excluding hydrogens is 352 g/mol. The Morgan fingerprint density at radius 1 is 1.31 bits per heavy atom. The molecule has 3 N–H and O–H groups in total. The van der Waals surface area contributed by atoms with Crippen LogP contribution in [-0.2, 0) is 10.0 Å². The highest BCUT2D eigenvalue weighted by Crippen LogP contribution is 2.34. The van der Waals surface area contributed by atoms with E-state index in [1.54, 1.807) is 24.3 Å². The van der Waals surface area contributed by atoms with E-state index in [1.807, 2.05) is 0 Å². The fourth-order valence-electron chi connectivity index (χ4n) is 2.78. The van der Waals surface area contributed by atoms with Crippen LogP contribution in [0.4, 0.5) is 0 Å². The fourth-order valence-corrected chi connectivity index (χ4v) is 3.34. The van der Waals surface area contributed by atoms with Crippen molar-refractivity contribution in [2.24, 2.45) is 11.1 Å². The number of H-pyrrole nitrogens is 1. The summed E-state index contributed by atoms with van der Waals surface area (Å²) >= 11 is 0. The summed E-state index contributed by atoms with van der Waals surface area (Å²) in [7, 11) is -3.81. The van der Waals surface area contributed by atoms with E-state index in [9.17, 15) is 13.7 Å². The second-order valence-electron chi connectivity index (χ2n) is 6.41. The van der Waals surface area contributed by atoms with E-state index in [2.05, 4.69) is 16.3 Å². The summed E-state index contributed by atoms with van der Waals surface area (Å²) in [5, 5.41) is 22.5. The summed E-state index contributed by atoms with van der Waals surface area (Å²) in [4.78, 5) is 0.0185. The lowest BCUT2D eigenvalue weighted by molar-refractivity contribution is 0.299. The Bertz CT molecular complexity index is 1140. The van der Waals surface area contributed by atoms with Gasteiger partial charge in [-0.15, -0.1) is 0 Å². The van der Waals surface area contributed by atoms with Crippen molar-refractivity contribution in [3.05, 3.63) is 42.0 Å². The average molecular weight is 368 g/mol. The lowest BCUT2D eigenvalue weighted by atomic mass is 10.1. The number of primary sulfonamides is 1. The largest absolute Gasteiger partial charge is 0.492 e. The van der Waals surface area contributed by atoms with Gasteiger partial charge in [-0.25, -0.2) is 13.6 Å². The number of hydrogen-bond donors (Lipinski definition) is 2. The van der Waals surface area contributed by atoms with Gasteiger partial charge in [0.1, 0.15) is 17.5 Å². The number of nitrogens with one attached hydrogen (secondary N) is 1. The minimum Gasteiger partial charge on any atom is -0.492 e. The van der Waals surface area contributed by atoms with Crippen molar-refractivity contribution >= 4 is 20.9 Å². The molecule has 0 saturated heterocycles. The second kappa shape index (κ2) is 6.12. The van der Waals surface area contributed by atoms with Crippen molar-refractivity contribution in [1.29, 1.82) is 5.26 Å². The van der Waals surface area contributed by atoms with E-state index in [-0.39, 0.29) is 4.90 Å². The van der Waals surface area contributed by atoms with Crippen molar-refractivity contribution in [2.45, 2.75) is 17.7 Å². The smallest absolute Gasteiger partial charge is 0.238 e. The lowest BCUT2D eigenvalue weighted by Crippen LogP contribution is -2.11. The Balaban J connectivity index is 1.81. The third-order valence-electron chi connectivity index (χ3n) is 4.39. The molecule has 0 amide bonds. The standard InChI is InChI=1S/C18H16N4O3S/c19-9-13-7-16-15(8-17(13)25-10-11-4-5-11)18(22-21-16)12-2-1-3-14(6-12)26(20,23)24/h1-3,6-8,11H,4-5,10H2,(H,21,22)(H2,20,23,24). The van der Waals surface area contributed by atoms with Gasteiger partial charge < -0.3 is 4.74 Å².